The molecule has 3 aliphatic heterocycles. The lowest BCUT2D eigenvalue weighted by atomic mass is 9.71. The molecule has 3 N–H and O–H groups in total. The average molecular weight is 859 g/mol. The van der Waals surface area contributed by atoms with Crippen LogP contribution in [0.25, 0.3) is 21.3 Å². The first kappa shape index (κ1) is 41.2. The number of amides is 3. The van der Waals surface area contributed by atoms with E-state index in [0.29, 0.717) is 40.5 Å². The standard InChI is InChI=1S/C44H49F3N8O5S/c1-42(2,60)27-20-30-34(21-29(27)49-38(57)28-6-4-9-35(48-28)44(45,46)47)61-40(50-30)26-12-10-25(11-13-26)22-53-23-43(24-53)16-18-54(19-17-43)31-7-5-8-32-37(31)52(3)41(59)55(32)33-14-15-36(56)51-39(33)58/h4-9,20-21,25-26,33,60H,10-19,22-24H2,1-3H3,(H,49,57)(H,51,56,58)/t25-,26-,33?. The SMILES string of the molecule is Cn1c(=O)n(C2CCC(=O)NC2=O)c2cccc(N3CCC4(CC3)CN(C[C@H]3CC[C@H](c5nc6cc(C(C)(C)O)c(NC(=O)c7cccc(C(F)(F)F)n7)cc6s5)CC3)C4)c21. The predicted molar refractivity (Wildman–Crippen MR) is 226 cm³/mol. The highest BCUT2D eigenvalue weighted by Gasteiger charge is 2.46. The molecule has 61 heavy (non-hydrogen) atoms. The number of para-hydroxylation sites is 1. The molecular weight excluding hydrogens is 810 g/mol. The number of carbonyl (C=O) groups excluding carboxylic acids is 3. The topological polar surface area (TPSA) is 155 Å². The van der Waals surface area contributed by atoms with Gasteiger partial charge in [0.05, 0.1) is 37.5 Å². The van der Waals surface area contributed by atoms with Gasteiger partial charge in [0.15, 0.2) is 0 Å². The fourth-order valence-electron chi connectivity index (χ4n) is 10.1. The van der Waals surface area contributed by atoms with Crippen LogP contribution in [0.2, 0.25) is 0 Å². The summed E-state index contributed by atoms with van der Waals surface area (Å²) >= 11 is 1.55. The van der Waals surface area contributed by atoms with Crippen molar-refractivity contribution in [2.24, 2.45) is 18.4 Å². The third-order valence-electron chi connectivity index (χ3n) is 13.3. The number of imidazole rings is 1. The second-order valence-electron chi connectivity index (χ2n) is 18.0. The lowest BCUT2D eigenvalue weighted by Crippen LogP contribution is -2.61. The fourth-order valence-corrected chi connectivity index (χ4v) is 11.3. The van der Waals surface area contributed by atoms with Crippen LogP contribution in [0.1, 0.15) is 104 Å². The summed E-state index contributed by atoms with van der Waals surface area (Å²) in [7, 11) is 1.75. The van der Waals surface area contributed by atoms with Gasteiger partial charge in [-0.25, -0.2) is 14.8 Å². The van der Waals surface area contributed by atoms with Gasteiger partial charge < -0.3 is 20.2 Å². The number of rotatable bonds is 8. The molecule has 6 heterocycles. The summed E-state index contributed by atoms with van der Waals surface area (Å²) in [6, 6.07) is 11.8. The third kappa shape index (κ3) is 7.84. The van der Waals surface area contributed by atoms with Crippen molar-refractivity contribution in [3.63, 3.8) is 0 Å². The van der Waals surface area contributed by atoms with Gasteiger partial charge in [-0.3, -0.25) is 28.8 Å². The molecule has 4 aliphatic rings. The predicted octanol–water partition coefficient (Wildman–Crippen LogP) is 6.70. The second-order valence-corrected chi connectivity index (χ2v) is 19.1. The summed E-state index contributed by atoms with van der Waals surface area (Å²) < 4.78 is 43.8. The van der Waals surface area contributed by atoms with E-state index in [0.717, 1.165) is 104 Å². The smallest absolute Gasteiger partial charge is 0.386 e. The highest BCUT2D eigenvalue weighted by atomic mass is 32.1. The molecule has 1 saturated carbocycles. The maximum absolute atomic E-state index is 13.5. The van der Waals surface area contributed by atoms with Gasteiger partial charge >= 0.3 is 11.9 Å². The molecule has 322 valence electrons. The number of pyridine rings is 1. The number of halogens is 3. The van der Waals surface area contributed by atoms with Crippen LogP contribution in [-0.2, 0) is 28.4 Å². The Morgan fingerprint density at radius 1 is 0.984 bits per heavy atom. The highest BCUT2D eigenvalue weighted by Crippen LogP contribution is 2.45. The van der Waals surface area contributed by atoms with Crippen molar-refractivity contribution in [1.29, 1.82) is 0 Å². The van der Waals surface area contributed by atoms with Crippen LogP contribution in [0.5, 0.6) is 0 Å². The molecular formula is C44H49F3N8O5S. The molecule has 1 spiro atoms. The Labute approximate surface area is 353 Å². The number of likely N-dealkylation sites (tertiary alicyclic amines) is 1. The van der Waals surface area contributed by atoms with Crippen molar-refractivity contribution in [2.75, 3.05) is 42.9 Å². The highest BCUT2D eigenvalue weighted by molar-refractivity contribution is 7.18. The molecule has 4 fully saturated rings. The van der Waals surface area contributed by atoms with Crippen LogP contribution in [0, 0.1) is 11.3 Å². The first-order valence-electron chi connectivity index (χ1n) is 21.0. The minimum atomic E-state index is -4.69. The van der Waals surface area contributed by atoms with Gasteiger partial charge in [-0.15, -0.1) is 11.3 Å². The van der Waals surface area contributed by atoms with Crippen LogP contribution in [0.4, 0.5) is 24.5 Å². The average Bonchev–Trinajstić information content (AvgIpc) is 3.74. The third-order valence-corrected chi connectivity index (χ3v) is 14.5. The van der Waals surface area contributed by atoms with Gasteiger partial charge in [-0.1, -0.05) is 12.1 Å². The van der Waals surface area contributed by atoms with E-state index in [1.165, 1.54) is 6.07 Å². The normalized spacial score (nSPS) is 22.5. The number of piperidine rings is 2. The van der Waals surface area contributed by atoms with Gasteiger partial charge in [0.2, 0.25) is 11.8 Å². The number of alkyl halides is 3. The molecule has 3 saturated heterocycles. The molecule has 9 rings (SSSR count). The molecule has 13 nitrogen and oxygen atoms in total. The van der Waals surface area contributed by atoms with E-state index < -0.39 is 35.3 Å². The van der Waals surface area contributed by atoms with Crippen molar-refractivity contribution in [3.05, 3.63) is 81.0 Å². The Morgan fingerprint density at radius 3 is 2.39 bits per heavy atom. The Balaban J connectivity index is 0.799. The van der Waals surface area contributed by atoms with E-state index in [4.69, 9.17) is 4.98 Å². The number of anilines is 2. The minimum Gasteiger partial charge on any atom is -0.386 e. The van der Waals surface area contributed by atoms with E-state index in [1.54, 1.807) is 53.5 Å². The van der Waals surface area contributed by atoms with Crippen LogP contribution >= 0.6 is 11.3 Å². The Hall–Kier alpha value is -5.13. The van der Waals surface area contributed by atoms with Crippen molar-refractivity contribution < 1.29 is 32.7 Å². The monoisotopic (exact) mass is 858 g/mol. The van der Waals surface area contributed by atoms with E-state index in [9.17, 15) is 37.5 Å². The number of hydrogen-bond acceptors (Lipinski definition) is 10. The number of hydrogen-bond donors (Lipinski definition) is 3. The van der Waals surface area contributed by atoms with Crippen LogP contribution < -0.4 is 21.2 Å². The Bertz CT molecular complexity index is 2600. The lowest BCUT2D eigenvalue weighted by Gasteiger charge is -2.55. The summed E-state index contributed by atoms with van der Waals surface area (Å²) in [4.78, 5) is 64.6. The molecule has 5 aromatic rings. The van der Waals surface area contributed by atoms with Crippen LogP contribution in [-0.4, -0.2) is 79.6 Å². The van der Waals surface area contributed by atoms with E-state index >= 15 is 0 Å². The second kappa shape index (κ2) is 15.3. The van der Waals surface area contributed by atoms with E-state index in [1.807, 2.05) is 12.1 Å². The maximum Gasteiger partial charge on any atom is 0.433 e. The number of carbonyl (C=O) groups is 3. The lowest BCUT2D eigenvalue weighted by molar-refractivity contribution is -0.141. The minimum absolute atomic E-state index is 0.203. The number of aryl methyl sites for hydroxylation is 1. The van der Waals surface area contributed by atoms with Gasteiger partial charge in [0, 0.05) is 63.4 Å². The molecule has 3 amide bonds. The van der Waals surface area contributed by atoms with Crippen molar-refractivity contribution in [2.45, 2.75) is 89.0 Å². The largest absolute Gasteiger partial charge is 0.433 e. The zero-order chi connectivity index (χ0) is 43.0. The van der Waals surface area contributed by atoms with E-state index in [-0.39, 0.29) is 29.1 Å². The summed E-state index contributed by atoms with van der Waals surface area (Å²) in [5.41, 5.74) is 1.06. The van der Waals surface area contributed by atoms with Crippen molar-refractivity contribution in [3.8, 4) is 0 Å². The number of aliphatic hydroxyl groups is 1. The summed E-state index contributed by atoms with van der Waals surface area (Å²) in [6.07, 6.45) is 2.17. The van der Waals surface area contributed by atoms with Gasteiger partial charge in [-0.05, 0) is 107 Å². The molecule has 1 aliphatic carbocycles. The quantitative estimate of drug-likeness (QED) is 0.145. The van der Waals surface area contributed by atoms with Gasteiger partial charge in [0.25, 0.3) is 5.91 Å². The zero-order valence-electron chi connectivity index (χ0n) is 34.3. The van der Waals surface area contributed by atoms with Crippen LogP contribution in [0.15, 0.2) is 53.3 Å². The first-order chi connectivity index (χ1) is 29.0. The number of benzene rings is 2. The number of thiazole rings is 1. The number of imide groups is 1. The molecule has 3 aromatic heterocycles. The number of fused-ring (bicyclic) bond motifs is 2. The summed E-state index contributed by atoms with van der Waals surface area (Å²) in [5, 5.41) is 17.1. The Morgan fingerprint density at radius 2 is 1.70 bits per heavy atom. The molecule has 0 bridgehead atoms. The molecule has 17 heteroatoms. The molecule has 1 unspecified atom stereocenters. The van der Waals surface area contributed by atoms with Crippen LogP contribution in [0.3, 0.4) is 0 Å². The summed E-state index contributed by atoms with van der Waals surface area (Å²) in [5.74, 6) is -0.653. The molecule has 1 atom stereocenters. The maximum atomic E-state index is 13.5. The number of nitrogens with zero attached hydrogens (tertiary/aromatic N) is 6. The fraction of sp³-hybridized carbons (Fsp3) is 0.500. The number of nitrogens with one attached hydrogen (secondary N) is 2. The van der Waals surface area contributed by atoms with Crippen molar-refractivity contribution >= 4 is 61.7 Å². The molecule has 0 radical (unpaired) electrons. The Kier molecular flexibility index (Phi) is 10.4. The van der Waals surface area contributed by atoms with Crippen molar-refractivity contribution in [1.82, 2.24) is 29.3 Å². The van der Waals surface area contributed by atoms with Gasteiger partial charge in [-0.2, -0.15) is 13.2 Å². The number of aromatic nitrogens is 4. The summed E-state index contributed by atoms with van der Waals surface area (Å²) in [6.45, 7) is 8.18. The van der Waals surface area contributed by atoms with E-state index in [2.05, 4.69) is 31.5 Å². The molecule has 2 aromatic carbocycles. The zero-order valence-corrected chi connectivity index (χ0v) is 35.2. The van der Waals surface area contributed by atoms with Gasteiger partial charge in [0.1, 0.15) is 17.4 Å². The first-order valence-corrected chi connectivity index (χ1v) is 21.8.